The van der Waals surface area contributed by atoms with Gasteiger partial charge in [-0.15, -0.1) is 0 Å². The Bertz CT molecular complexity index is 750. The first-order valence-electron chi connectivity index (χ1n) is 9.62. The van der Waals surface area contributed by atoms with Gasteiger partial charge in [-0.3, -0.25) is 4.79 Å². The molecule has 1 heterocycles. The van der Waals surface area contributed by atoms with Gasteiger partial charge in [0.25, 0.3) is 0 Å². The highest BCUT2D eigenvalue weighted by Crippen LogP contribution is 2.26. The van der Waals surface area contributed by atoms with Crippen molar-refractivity contribution in [2.75, 3.05) is 18.0 Å². The molecule has 0 radical (unpaired) electrons. The highest BCUT2D eigenvalue weighted by atomic mass is 35.5. The van der Waals surface area contributed by atoms with E-state index in [9.17, 15) is 4.79 Å². The minimum Gasteiger partial charge on any atom is -0.372 e. The van der Waals surface area contributed by atoms with Crippen LogP contribution in [0.5, 0.6) is 0 Å². The summed E-state index contributed by atoms with van der Waals surface area (Å²) in [4.78, 5) is 14.8. The van der Waals surface area contributed by atoms with Crippen LogP contribution in [0.4, 0.5) is 5.69 Å². The molecule has 0 spiro atoms. The lowest BCUT2D eigenvalue weighted by molar-refractivity contribution is -0.121. The maximum absolute atomic E-state index is 12.3. The molecule has 1 atom stereocenters. The van der Waals surface area contributed by atoms with Crippen LogP contribution in [-0.4, -0.2) is 19.0 Å². The maximum atomic E-state index is 12.3. The van der Waals surface area contributed by atoms with Crippen LogP contribution in [0.3, 0.4) is 0 Å². The van der Waals surface area contributed by atoms with Gasteiger partial charge in [0, 0.05) is 35.2 Å². The quantitative estimate of drug-likeness (QED) is 0.659. The number of anilines is 1. The molecule has 2 aromatic carbocycles. The van der Waals surface area contributed by atoms with Crippen LogP contribution in [0.15, 0.2) is 42.5 Å². The maximum Gasteiger partial charge on any atom is 0.220 e. The molecule has 0 saturated carbocycles. The number of hydrogen-bond donors (Lipinski definition) is 1. The molecule has 1 amide bonds. The van der Waals surface area contributed by atoms with Crippen molar-refractivity contribution in [3.63, 3.8) is 0 Å². The number of nitrogens with zero attached hydrogens (tertiary/aromatic N) is 1. The van der Waals surface area contributed by atoms with Crippen molar-refractivity contribution in [2.45, 2.75) is 45.1 Å². The summed E-state index contributed by atoms with van der Waals surface area (Å²) in [5, 5.41) is 4.28. The van der Waals surface area contributed by atoms with Crippen LogP contribution in [0.1, 0.15) is 49.8 Å². The second-order valence-corrected chi connectivity index (χ2v) is 7.94. The van der Waals surface area contributed by atoms with Gasteiger partial charge in [0.2, 0.25) is 5.91 Å². The zero-order valence-corrected chi connectivity index (χ0v) is 17.2. The number of amides is 1. The minimum atomic E-state index is -0.0328. The Balaban J connectivity index is 1.53. The van der Waals surface area contributed by atoms with Gasteiger partial charge < -0.3 is 10.2 Å². The van der Waals surface area contributed by atoms with Crippen molar-refractivity contribution in [1.82, 2.24) is 5.32 Å². The molecule has 0 aliphatic carbocycles. The number of benzene rings is 2. The minimum absolute atomic E-state index is 0.00130. The van der Waals surface area contributed by atoms with Crippen molar-refractivity contribution in [1.29, 1.82) is 0 Å². The monoisotopic (exact) mass is 404 g/mol. The Morgan fingerprint density at radius 2 is 1.67 bits per heavy atom. The standard InChI is InChI=1S/C22H26Cl2N2O/c1-16(17-8-10-18(11-9-17)26-14-3-2-4-15-26)25-22(27)13-12-19-20(23)6-5-7-21(19)24/h5-11,16H,2-4,12-15H2,1H3,(H,25,27)/t16-/m0/s1. The van der Waals surface area contributed by atoms with Gasteiger partial charge in [0.05, 0.1) is 6.04 Å². The molecule has 27 heavy (non-hydrogen) atoms. The number of rotatable bonds is 6. The highest BCUT2D eigenvalue weighted by Gasteiger charge is 2.14. The number of carbonyl (C=O) groups excluding carboxylic acids is 1. The first-order chi connectivity index (χ1) is 13.0. The third kappa shape index (κ3) is 5.40. The lowest BCUT2D eigenvalue weighted by Crippen LogP contribution is -2.29. The number of carbonyl (C=O) groups is 1. The van der Waals surface area contributed by atoms with Crippen LogP contribution in [-0.2, 0) is 11.2 Å². The molecule has 1 aliphatic rings. The molecule has 1 N–H and O–H groups in total. The van der Waals surface area contributed by atoms with Gasteiger partial charge in [-0.2, -0.15) is 0 Å². The molecule has 2 aromatic rings. The summed E-state index contributed by atoms with van der Waals surface area (Å²) in [6, 6.07) is 13.9. The second-order valence-electron chi connectivity index (χ2n) is 7.13. The van der Waals surface area contributed by atoms with Gasteiger partial charge in [-0.05, 0) is 68.0 Å². The normalized spacial score (nSPS) is 15.4. The van der Waals surface area contributed by atoms with Crippen molar-refractivity contribution < 1.29 is 4.79 Å². The smallest absolute Gasteiger partial charge is 0.220 e. The fraction of sp³-hybridized carbons (Fsp3) is 0.409. The molecule has 0 aromatic heterocycles. The molecule has 1 fully saturated rings. The van der Waals surface area contributed by atoms with E-state index >= 15 is 0 Å². The van der Waals surface area contributed by atoms with E-state index in [-0.39, 0.29) is 11.9 Å². The first kappa shape index (κ1) is 20.0. The molecule has 1 aliphatic heterocycles. The summed E-state index contributed by atoms with van der Waals surface area (Å²) in [6.45, 7) is 4.28. The van der Waals surface area contributed by atoms with Crippen molar-refractivity contribution in [3.05, 3.63) is 63.6 Å². The van der Waals surface area contributed by atoms with Crippen molar-refractivity contribution >= 4 is 34.8 Å². The van der Waals surface area contributed by atoms with E-state index in [0.717, 1.165) is 24.2 Å². The molecule has 0 unspecified atom stereocenters. The van der Waals surface area contributed by atoms with Gasteiger partial charge >= 0.3 is 0 Å². The van der Waals surface area contributed by atoms with Crippen LogP contribution >= 0.6 is 23.2 Å². The summed E-state index contributed by atoms with van der Waals surface area (Å²) in [6.07, 6.45) is 4.76. The molecular formula is C22H26Cl2N2O. The first-order valence-corrected chi connectivity index (χ1v) is 10.4. The largest absolute Gasteiger partial charge is 0.372 e. The fourth-order valence-corrected chi connectivity index (χ4v) is 4.12. The summed E-state index contributed by atoms with van der Waals surface area (Å²) in [5.41, 5.74) is 3.21. The summed E-state index contributed by atoms with van der Waals surface area (Å²) in [5.74, 6) is -0.00130. The van der Waals surface area contributed by atoms with E-state index < -0.39 is 0 Å². The van der Waals surface area contributed by atoms with Gasteiger partial charge in [-0.25, -0.2) is 0 Å². The average molecular weight is 405 g/mol. The molecule has 5 heteroatoms. The van der Waals surface area contributed by atoms with E-state index in [2.05, 4.69) is 34.5 Å². The fourth-order valence-electron chi connectivity index (χ4n) is 3.53. The summed E-state index contributed by atoms with van der Waals surface area (Å²) in [7, 11) is 0. The third-order valence-corrected chi connectivity index (χ3v) is 5.86. The zero-order valence-electron chi connectivity index (χ0n) is 15.7. The number of halogens is 2. The summed E-state index contributed by atoms with van der Waals surface area (Å²) >= 11 is 12.3. The van der Waals surface area contributed by atoms with E-state index in [1.54, 1.807) is 12.1 Å². The van der Waals surface area contributed by atoms with E-state index in [0.29, 0.717) is 22.9 Å². The molecule has 3 nitrogen and oxygen atoms in total. The Kier molecular flexibility index (Phi) is 7.03. The predicted octanol–water partition coefficient (Wildman–Crippen LogP) is 5.79. The molecule has 1 saturated heterocycles. The number of hydrogen-bond acceptors (Lipinski definition) is 2. The highest BCUT2D eigenvalue weighted by molar-refractivity contribution is 6.36. The lowest BCUT2D eigenvalue weighted by Gasteiger charge is -2.29. The van der Waals surface area contributed by atoms with Crippen LogP contribution in [0.25, 0.3) is 0 Å². The molecule has 3 rings (SSSR count). The van der Waals surface area contributed by atoms with E-state index in [4.69, 9.17) is 23.2 Å². The predicted molar refractivity (Wildman–Crippen MR) is 114 cm³/mol. The average Bonchev–Trinajstić information content (AvgIpc) is 2.68. The zero-order chi connectivity index (χ0) is 19.2. The molecule has 144 valence electrons. The second kappa shape index (κ2) is 9.48. The van der Waals surface area contributed by atoms with Crippen molar-refractivity contribution in [2.24, 2.45) is 0 Å². The van der Waals surface area contributed by atoms with Crippen LogP contribution < -0.4 is 10.2 Å². The summed E-state index contributed by atoms with van der Waals surface area (Å²) < 4.78 is 0. The Labute approximate surface area is 171 Å². The molecule has 0 bridgehead atoms. The Hall–Kier alpha value is -1.71. The van der Waals surface area contributed by atoms with Gasteiger partial charge in [0.15, 0.2) is 0 Å². The Morgan fingerprint density at radius 1 is 1.04 bits per heavy atom. The van der Waals surface area contributed by atoms with E-state index in [1.807, 2.05) is 13.0 Å². The van der Waals surface area contributed by atoms with E-state index in [1.165, 1.54) is 24.9 Å². The SMILES string of the molecule is C[C@H](NC(=O)CCc1c(Cl)cccc1Cl)c1ccc(N2CCCCC2)cc1. The number of nitrogens with one attached hydrogen (secondary N) is 1. The number of piperidine rings is 1. The molecular weight excluding hydrogens is 379 g/mol. The lowest BCUT2D eigenvalue weighted by atomic mass is 10.1. The topological polar surface area (TPSA) is 32.3 Å². The van der Waals surface area contributed by atoms with Gasteiger partial charge in [0.1, 0.15) is 0 Å². The van der Waals surface area contributed by atoms with Crippen molar-refractivity contribution in [3.8, 4) is 0 Å². The van der Waals surface area contributed by atoms with Gasteiger partial charge in [-0.1, -0.05) is 41.4 Å². The van der Waals surface area contributed by atoms with Crippen LogP contribution in [0.2, 0.25) is 10.0 Å². The van der Waals surface area contributed by atoms with Crippen LogP contribution in [0, 0.1) is 0 Å². The third-order valence-electron chi connectivity index (χ3n) is 5.16. The Morgan fingerprint density at radius 3 is 2.30 bits per heavy atom.